The van der Waals surface area contributed by atoms with Crippen LogP contribution in [0.15, 0.2) is 0 Å². The molecule has 0 bridgehead atoms. The largest absolute Gasteiger partial charge is 0.395 e. The Balaban J connectivity index is 3.74. The molecule has 1 amide bonds. The molecule has 78 valence electrons. The van der Waals surface area contributed by atoms with Gasteiger partial charge in [0.05, 0.1) is 13.2 Å². The van der Waals surface area contributed by atoms with Gasteiger partial charge in [0.25, 0.3) is 0 Å². The summed E-state index contributed by atoms with van der Waals surface area (Å²) < 4.78 is 0. The lowest BCUT2D eigenvalue weighted by molar-refractivity contribution is -0.123. The summed E-state index contributed by atoms with van der Waals surface area (Å²) in [5, 5.41) is 11.5. The Morgan fingerprint density at radius 1 is 1.46 bits per heavy atom. The fourth-order valence-electron chi connectivity index (χ4n) is 0.953. The summed E-state index contributed by atoms with van der Waals surface area (Å²) in [6, 6.07) is 0. The molecule has 0 heterocycles. The molecule has 0 spiro atoms. The van der Waals surface area contributed by atoms with Crippen molar-refractivity contribution in [2.24, 2.45) is 0 Å². The van der Waals surface area contributed by atoms with Crippen molar-refractivity contribution in [3.63, 3.8) is 0 Å². The van der Waals surface area contributed by atoms with Gasteiger partial charge in [-0.05, 0) is 27.8 Å². The van der Waals surface area contributed by atoms with E-state index < -0.39 is 0 Å². The molecule has 0 saturated heterocycles. The molecule has 0 radical (unpaired) electrons. The van der Waals surface area contributed by atoms with Crippen molar-refractivity contribution in [2.45, 2.75) is 26.3 Å². The first kappa shape index (κ1) is 12.4. The molecule has 0 fully saturated rings. The van der Waals surface area contributed by atoms with Crippen molar-refractivity contribution in [2.75, 3.05) is 26.7 Å². The summed E-state index contributed by atoms with van der Waals surface area (Å²) in [5.74, 6) is -0.0107. The summed E-state index contributed by atoms with van der Waals surface area (Å²) in [5.41, 5.74) is -0.183. The minimum Gasteiger partial charge on any atom is -0.395 e. The van der Waals surface area contributed by atoms with E-state index >= 15 is 0 Å². The molecule has 0 aromatic carbocycles. The van der Waals surface area contributed by atoms with Crippen LogP contribution in [0.3, 0.4) is 0 Å². The average Bonchev–Trinajstić information content (AvgIpc) is 1.81. The lowest BCUT2D eigenvalue weighted by Crippen LogP contribution is -2.45. The van der Waals surface area contributed by atoms with Crippen LogP contribution < -0.4 is 5.32 Å². The first-order chi connectivity index (χ1) is 5.85. The van der Waals surface area contributed by atoms with Crippen LogP contribution in [0.5, 0.6) is 0 Å². The minimum absolute atomic E-state index is 0.0107. The molecule has 2 N–H and O–H groups in total. The molecule has 4 nitrogen and oxygen atoms in total. The maximum absolute atomic E-state index is 11.3. The van der Waals surface area contributed by atoms with Crippen LogP contribution in [-0.2, 0) is 4.79 Å². The van der Waals surface area contributed by atoms with Crippen LogP contribution in [-0.4, -0.2) is 48.2 Å². The van der Waals surface area contributed by atoms with Gasteiger partial charge in [0, 0.05) is 12.1 Å². The third-order valence-electron chi connectivity index (χ3n) is 1.41. The monoisotopic (exact) mass is 188 g/mol. The molecule has 4 heteroatoms. The fourth-order valence-corrected chi connectivity index (χ4v) is 0.953. The fraction of sp³-hybridized carbons (Fsp3) is 0.889. The molecule has 0 aliphatic heterocycles. The van der Waals surface area contributed by atoms with Crippen molar-refractivity contribution in [3.05, 3.63) is 0 Å². The van der Waals surface area contributed by atoms with Gasteiger partial charge < -0.3 is 10.4 Å². The molecule has 0 rings (SSSR count). The normalized spacial score (nSPS) is 11.8. The predicted molar refractivity (Wildman–Crippen MR) is 52.5 cm³/mol. The number of nitrogens with one attached hydrogen (secondary N) is 1. The molecule has 0 atom stereocenters. The van der Waals surface area contributed by atoms with E-state index in [1.165, 1.54) is 0 Å². The van der Waals surface area contributed by atoms with Crippen LogP contribution in [0.2, 0.25) is 0 Å². The summed E-state index contributed by atoms with van der Waals surface area (Å²) in [7, 11) is 1.80. The summed E-state index contributed by atoms with van der Waals surface area (Å²) >= 11 is 0. The number of carbonyl (C=O) groups excluding carboxylic acids is 1. The smallest absolute Gasteiger partial charge is 0.234 e. The van der Waals surface area contributed by atoms with Crippen molar-refractivity contribution in [1.82, 2.24) is 10.2 Å². The molecule has 0 unspecified atom stereocenters. The first-order valence-electron chi connectivity index (χ1n) is 4.45. The summed E-state index contributed by atoms with van der Waals surface area (Å²) in [4.78, 5) is 13.1. The van der Waals surface area contributed by atoms with Gasteiger partial charge >= 0.3 is 0 Å². The van der Waals surface area contributed by atoms with Crippen molar-refractivity contribution >= 4 is 5.91 Å². The summed E-state index contributed by atoms with van der Waals surface area (Å²) in [6.45, 7) is 6.76. The van der Waals surface area contributed by atoms with Gasteiger partial charge in [0.1, 0.15) is 0 Å². The quantitative estimate of drug-likeness (QED) is 0.644. The number of hydrogen-bond donors (Lipinski definition) is 2. The molecule has 0 aliphatic carbocycles. The lowest BCUT2D eigenvalue weighted by atomic mass is 10.1. The maximum Gasteiger partial charge on any atom is 0.234 e. The highest BCUT2D eigenvalue weighted by Crippen LogP contribution is 1.97. The van der Waals surface area contributed by atoms with E-state index in [1.54, 1.807) is 11.9 Å². The second kappa shape index (κ2) is 5.19. The molecule has 0 aromatic heterocycles. The lowest BCUT2D eigenvalue weighted by Gasteiger charge is -2.22. The zero-order valence-corrected chi connectivity index (χ0v) is 8.92. The van der Waals surface area contributed by atoms with Crippen molar-refractivity contribution < 1.29 is 9.90 Å². The van der Waals surface area contributed by atoms with Crippen LogP contribution in [0, 0.1) is 0 Å². The van der Waals surface area contributed by atoms with Gasteiger partial charge in [-0.1, -0.05) is 0 Å². The first-order valence-corrected chi connectivity index (χ1v) is 4.45. The van der Waals surface area contributed by atoms with E-state index in [-0.39, 0.29) is 18.1 Å². The van der Waals surface area contributed by atoms with Crippen LogP contribution in [0.4, 0.5) is 0 Å². The van der Waals surface area contributed by atoms with Crippen LogP contribution in [0.1, 0.15) is 20.8 Å². The van der Waals surface area contributed by atoms with E-state index in [1.807, 2.05) is 20.8 Å². The van der Waals surface area contributed by atoms with Crippen molar-refractivity contribution in [3.8, 4) is 0 Å². The Hall–Kier alpha value is -0.610. The number of carbonyl (C=O) groups is 1. The van der Waals surface area contributed by atoms with Gasteiger partial charge in [-0.3, -0.25) is 9.69 Å². The highest BCUT2D eigenvalue weighted by Gasteiger charge is 2.14. The topological polar surface area (TPSA) is 52.6 Å². The zero-order chi connectivity index (χ0) is 10.5. The number of aliphatic hydroxyl groups is 1. The highest BCUT2D eigenvalue weighted by atomic mass is 16.3. The standard InChI is InChI=1S/C9H20N2O2/c1-9(2,3)10-8(13)7-11(4)5-6-12/h12H,5-7H2,1-4H3,(H,10,13). The van der Waals surface area contributed by atoms with Crippen molar-refractivity contribution in [1.29, 1.82) is 0 Å². The number of aliphatic hydroxyl groups excluding tert-OH is 1. The van der Waals surface area contributed by atoms with Gasteiger partial charge in [0.15, 0.2) is 0 Å². The second-order valence-electron chi connectivity index (χ2n) is 4.26. The number of likely N-dealkylation sites (N-methyl/N-ethyl adjacent to an activating group) is 1. The Morgan fingerprint density at radius 3 is 2.38 bits per heavy atom. The minimum atomic E-state index is -0.183. The van der Waals surface area contributed by atoms with Gasteiger partial charge in [-0.15, -0.1) is 0 Å². The molecular formula is C9H20N2O2. The molecule has 0 saturated carbocycles. The molecule has 0 aliphatic rings. The number of rotatable bonds is 4. The highest BCUT2D eigenvalue weighted by molar-refractivity contribution is 5.78. The second-order valence-corrected chi connectivity index (χ2v) is 4.26. The Bertz CT molecular complexity index is 163. The molecular weight excluding hydrogens is 168 g/mol. The third-order valence-corrected chi connectivity index (χ3v) is 1.41. The number of hydrogen-bond acceptors (Lipinski definition) is 3. The van der Waals surface area contributed by atoms with Gasteiger partial charge in [-0.2, -0.15) is 0 Å². The SMILES string of the molecule is CN(CCO)CC(=O)NC(C)(C)C. The zero-order valence-electron chi connectivity index (χ0n) is 8.92. The van der Waals surface area contributed by atoms with E-state index in [9.17, 15) is 4.79 Å². The Morgan fingerprint density at radius 2 is 2.00 bits per heavy atom. The van der Waals surface area contributed by atoms with E-state index in [0.29, 0.717) is 13.1 Å². The Kier molecular flexibility index (Phi) is 4.95. The Labute approximate surface area is 79.9 Å². The van der Waals surface area contributed by atoms with Crippen LogP contribution >= 0.6 is 0 Å². The third kappa shape index (κ3) is 7.74. The number of amides is 1. The van der Waals surface area contributed by atoms with Gasteiger partial charge in [0.2, 0.25) is 5.91 Å². The van der Waals surface area contributed by atoms with E-state index in [2.05, 4.69) is 5.32 Å². The molecule has 13 heavy (non-hydrogen) atoms. The summed E-state index contributed by atoms with van der Waals surface area (Å²) in [6.07, 6.45) is 0. The maximum atomic E-state index is 11.3. The van der Waals surface area contributed by atoms with E-state index in [4.69, 9.17) is 5.11 Å². The number of nitrogens with zero attached hydrogens (tertiary/aromatic N) is 1. The molecule has 0 aromatic rings. The predicted octanol–water partition coefficient (Wildman–Crippen LogP) is -0.175. The van der Waals surface area contributed by atoms with Crippen LogP contribution in [0.25, 0.3) is 0 Å². The van der Waals surface area contributed by atoms with Gasteiger partial charge in [-0.25, -0.2) is 0 Å². The average molecular weight is 188 g/mol. The van der Waals surface area contributed by atoms with E-state index in [0.717, 1.165) is 0 Å².